The first-order valence-electron chi connectivity index (χ1n) is 8.53. The minimum absolute atomic E-state index is 0.0476. The van der Waals surface area contributed by atoms with Crippen LogP contribution in [0.4, 0.5) is 0 Å². The van der Waals surface area contributed by atoms with E-state index in [9.17, 15) is 5.11 Å². The van der Waals surface area contributed by atoms with Gasteiger partial charge in [0, 0.05) is 0 Å². The van der Waals surface area contributed by atoms with Gasteiger partial charge in [-0.2, -0.15) is 0 Å². The van der Waals surface area contributed by atoms with Crippen molar-refractivity contribution in [3.8, 4) is 0 Å². The van der Waals surface area contributed by atoms with Crippen LogP contribution in [0, 0.1) is 28.6 Å². The molecule has 5 aliphatic rings. The number of rotatable bonds is 2. The standard InChI is InChI=1S/C17H29NO/c18-11-16(3-1-15(19)2-4-16)17-8-12-5-13(9-17)7-14(6-12)10-17/h12-15,19H,1-11,18H2. The zero-order chi connectivity index (χ0) is 13.1. The van der Waals surface area contributed by atoms with Crippen molar-refractivity contribution >= 4 is 0 Å². The number of hydrogen-bond acceptors (Lipinski definition) is 2. The molecule has 5 aliphatic carbocycles. The van der Waals surface area contributed by atoms with Crippen LogP contribution in [0.25, 0.3) is 0 Å². The first kappa shape index (κ1) is 12.6. The first-order chi connectivity index (χ1) is 9.15. The number of aliphatic hydroxyl groups excluding tert-OH is 1. The van der Waals surface area contributed by atoms with Crippen LogP contribution < -0.4 is 5.73 Å². The van der Waals surface area contributed by atoms with Crippen LogP contribution in [0.2, 0.25) is 0 Å². The van der Waals surface area contributed by atoms with Crippen LogP contribution in [0.5, 0.6) is 0 Å². The van der Waals surface area contributed by atoms with Crippen LogP contribution in [0.3, 0.4) is 0 Å². The second-order valence-electron chi connectivity index (χ2n) is 8.41. The minimum Gasteiger partial charge on any atom is -0.393 e. The van der Waals surface area contributed by atoms with Gasteiger partial charge in [0.1, 0.15) is 0 Å². The fourth-order valence-corrected chi connectivity index (χ4v) is 6.87. The fraction of sp³-hybridized carbons (Fsp3) is 1.00. The predicted molar refractivity (Wildman–Crippen MR) is 76.6 cm³/mol. The summed E-state index contributed by atoms with van der Waals surface area (Å²) in [5, 5.41) is 9.88. The van der Waals surface area contributed by atoms with Crippen LogP contribution in [-0.4, -0.2) is 17.8 Å². The van der Waals surface area contributed by atoms with Gasteiger partial charge >= 0.3 is 0 Å². The fourth-order valence-electron chi connectivity index (χ4n) is 6.87. The maximum Gasteiger partial charge on any atom is 0.0540 e. The Bertz CT molecular complexity index is 321. The summed E-state index contributed by atoms with van der Waals surface area (Å²) < 4.78 is 0. The van der Waals surface area contributed by atoms with Crippen molar-refractivity contribution in [3.63, 3.8) is 0 Å². The van der Waals surface area contributed by atoms with Gasteiger partial charge in [0.05, 0.1) is 6.10 Å². The molecule has 2 heteroatoms. The average molecular weight is 263 g/mol. The molecule has 19 heavy (non-hydrogen) atoms. The van der Waals surface area contributed by atoms with Crippen molar-refractivity contribution in [3.05, 3.63) is 0 Å². The molecule has 5 rings (SSSR count). The molecule has 0 aromatic heterocycles. The Morgan fingerprint density at radius 1 is 0.895 bits per heavy atom. The van der Waals surface area contributed by atoms with Crippen LogP contribution >= 0.6 is 0 Å². The number of hydrogen-bond donors (Lipinski definition) is 2. The zero-order valence-electron chi connectivity index (χ0n) is 12.1. The molecule has 0 aromatic carbocycles. The number of nitrogens with two attached hydrogens (primary N) is 1. The minimum atomic E-state index is -0.0476. The summed E-state index contributed by atoms with van der Waals surface area (Å²) in [7, 11) is 0. The van der Waals surface area contributed by atoms with E-state index < -0.39 is 0 Å². The smallest absolute Gasteiger partial charge is 0.0540 e. The Balaban J connectivity index is 1.66. The Morgan fingerprint density at radius 3 is 1.79 bits per heavy atom. The van der Waals surface area contributed by atoms with E-state index in [1.165, 1.54) is 51.4 Å². The van der Waals surface area contributed by atoms with Gasteiger partial charge in [0.2, 0.25) is 0 Å². The van der Waals surface area contributed by atoms with Crippen LogP contribution in [-0.2, 0) is 0 Å². The predicted octanol–water partition coefficient (Wildman–Crippen LogP) is 3.08. The largest absolute Gasteiger partial charge is 0.393 e. The third-order valence-electron chi connectivity index (χ3n) is 7.47. The molecular formula is C17H29NO. The van der Waals surface area contributed by atoms with Crippen molar-refractivity contribution < 1.29 is 5.11 Å². The van der Waals surface area contributed by atoms with E-state index in [2.05, 4.69) is 0 Å². The quantitative estimate of drug-likeness (QED) is 0.804. The molecule has 0 atom stereocenters. The lowest BCUT2D eigenvalue weighted by molar-refractivity contribution is -0.148. The lowest BCUT2D eigenvalue weighted by atomic mass is 9.40. The molecule has 0 spiro atoms. The number of aliphatic hydroxyl groups is 1. The Morgan fingerprint density at radius 2 is 1.37 bits per heavy atom. The average Bonchev–Trinajstić information content (AvgIpc) is 2.38. The van der Waals surface area contributed by atoms with E-state index in [0.29, 0.717) is 10.8 Å². The molecule has 108 valence electrons. The van der Waals surface area contributed by atoms with Crippen LogP contribution in [0.15, 0.2) is 0 Å². The lowest BCUT2D eigenvalue weighted by Gasteiger charge is -2.65. The van der Waals surface area contributed by atoms with Gasteiger partial charge in [-0.15, -0.1) is 0 Å². The third kappa shape index (κ3) is 1.75. The molecule has 0 amide bonds. The van der Waals surface area contributed by atoms with Gasteiger partial charge in [0.15, 0.2) is 0 Å². The van der Waals surface area contributed by atoms with Crippen LogP contribution in [0.1, 0.15) is 64.2 Å². The van der Waals surface area contributed by atoms with Gasteiger partial charge < -0.3 is 10.8 Å². The van der Waals surface area contributed by atoms with E-state index in [1.807, 2.05) is 0 Å². The van der Waals surface area contributed by atoms with Crippen molar-refractivity contribution in [2.24, 2.45) is 34.3 Å². The highest BCUT2D eigenvalue weighted by Gasteiger charge is 2.59. The van der Waals surface area contributed by atoms with Gasteiger partial charge in [0.25, 0.3) is 0 Å². The van der Waals surface area contributed by atoms with E-state index in [1.54, 1.807) is 0 Å². The Hall–Kier alpha value is -0.0800. The summed E-state index contributed by atoms with van der Waals surface area (Å²) in [6.07, 6.45) is 13.3. The SMILES string of the molecule is NCC1(C23CC4CC(CC(C4)C2)C3)CCC(O)CC1. The summed E-state index contributed by atoms with van der Waals surface area (Å²) in [4.78, 5) is 0. The molecule has 3 N–H and O–H groups in total. The van der Waals surface area contributed by atoms with Gasteiger partial charge in [-0.3, -0.25) is 0 Å². The maximum absolute atomic E-state index is 9.88. The highest BCUT2D eigenvalue weighted by Crippen LogP contribution is 2.68. The van der Waals surface area contributed by atoms with Gasteiger partial charge in [-0.1, -0.05) is 0 Å². The topological polar surface area (TPSA) is 46.2 Å². The molecule has 0 aliphatic heterocycles. The Labute approximate surface area is 117 Å². The second kappa shape index (κ2) is 4.21. The van der Waals surface area contributed by atoms with E-state index in [0.717, 1.165) is 37.1 Å². The molecule has 0 heterocycles. The van der Waals surface area contributed by atoms with E-state index >= 15 is 0 Å². The molecule has 4 bridgehead atoms. The van der Waals surface area contributed by atoms with Crippen molar-refractivity contribution in [1.82, 2.24) is 0 Å². The van der Waals surface area contributed by atoms with Crippen molar-refractivity contribution in [2.75, 3.05) is 6.54 Å². The summed E-state index contributed by atoms with van der Waals surface area (Å²) in [6.45, 7) is 0.867. The van der Waals surface area contributed by atoms with Crippen molar-refractivity contribution in [2.45, 2.75) is 70.3 Å². The summed E-state index contributed by atoms with van der Waals surface area (Å²) in [5.74, 6) is 3.05. The molecule has 0 aromatic rings. The molecule has 0 radical (unpaired) electrons. The second-order valence-corrected chi connectivity index (χ2v) is 8.41. The highest BCUT2D eigenvalue weighted by molar-refractivity contribution is 5.10. The molecule has 2 nitrogen and oxygen atoms in total. The summed E-state index contributed by atoms with van der Waals surface area (Å²) in [6, 6.07) is 0. The normalized spacial score (nSPS) is 56.5. The first-order valence-corrected chi connectivity index (χ1v) is 8.53. The lowest BCUT2D eigenvalue weighted by Crippen LogP contribution is -2.58. The van der Waals surface area contributed by atoms with Crippen molar-refractivity contribution in [1.29, 1.82) is 0 Å². The summed E-state index contributed by atoms with van der Waals surface area (Å²) >= 11 is 0. The monoisotopic (exact) mass is 263 g/mol. The maximum atomic E-state index is 9.88. The van der Waals surface area contributed by atoms with Gasteiger partial charge in [-0.25, -0.2) is 0 Å². The summed E-state index contributed by atoms with van der Waals surface area (Å²) in [5.41, 5.74) is 7.27. The van der Waals surface area contributed by atoms with E-state index in [4.69, 9.17) is 5.73 Å². The zero-order valence-corrected chi connectivity index (χ0v) is 12.1. The molecule has 5 fully saturated rings. The Kier molecular flexibility index (Phi) is 2.80. The molecule has 0 saturated heterocycles. The van der Waals surface area contributed by atoms with Gasteiger partial charge in [-0.05, 0) is 99.3 Å². The third-order valence-corrected chi connectivity index (χ3v) is 7.47. The highest BCUT2D eigenvalue weighted by atomic mass is 16.3. The molecular weight excluding hydrogens is 234 g/mol. The molecule has 0 unspecified atom stereocenters. The van der Waals surface area contributed by atoms with E-state index in [-0.39, 0.29) is 6.10 Å². The molecule has 5 saturated carbocycles.